The Balaban J connectivity index is 1.79. The van der Waals surface area contributed by atoms with Gasteiger partial charge >= 0.3 is 0 Å². The van der Waals surface area contributed by atoms with E-state index in [1.807, 2.05) is 30.3 Å². The minimum absolute atomic E-state index is 0.252. The molecule has 0 amide bonds. The molecule has 122 valence electrons. The molecule has 7 heteroatoms. The van der Waals surface area contributed by atoms with Crippen LogP contribution < -0.4 is 11.1 Å². The summed E-state index contributed by atoms with van der Waals surface area (Å²) in [4.78, 5) is 16.6. The van der Waals surface area contributed by atoms with Crippen molar-refractivity contribution in [3.63, 3.8) is 0 Å². The first kappa shape index (κ1) is 15.3. The molecule has 0 saturated carbocycles. The van der Waals surface area contributed by atoms with E-state index in [1.165, 1.54) is 0 Å². The third-order valence-corrected chi connectivity index (χ3v) is 3.94. The number of nitrogen functional groups attached to an aromatic ring is 1. The fourth-order valence-corrected chi connectivity index (χ4v) is 2.73. The predicted molar refractivity (Wildman–Crippen MR) is 99.7 cm³/mol. The maximum absolute atomic E-state index is 6.01. The van der Waals surface area contributed by atoms with E-state index in [4.69, 9.17) is 17.3 Å². The van der Waals surface area contributed by atoms with E-state index in [0.717, 1.165) is 33.4 Å². The Morgan fingerprint density at radius 3 is 2.52 bits per heavy atom. The van der Waals surface area contributed by atoms with Gasteiger partial charge in [0.05, 0.1) is 22.4 Å². The molecule has 3 aromatic heterocycles. The van der Waals surface area contributed by atoms with Crippen LogP contribution in [-0.4, -0.2) is 19.9 Å². The van der Waals surface area contributed by atoms with Crippen LogP contribution in [0.4, 0.5) is 17.3 Å². The van der Waals surface area contributed by atoms with Crippen molar-refractivity contribution in [3.8, 4) is 11.1 Å². The average molecular weight is 349 g/mol. The van der Waals surface area contributed by atoms with Crippen molar-refractivity contribution in [1.82, 2.24) is 19.9 Å². The monoisotopic (exact) mass is 348 g/mol. The number of fused-ring (bicyclic) bond motifs is 1. The van der Waals surface area contributed by atoms with Crippen LogP contribution in [0, 0.1) is 0 Å². The molecule has 3 N–H and O–H groups in total. The first-order valence-corrected chi connectivity index (χ1v) is 7.91. The van der Waals surface area contributed by atoms with Crippen LogP contribution in [0.15, 0.2) is 61.3 Å². The molecule has 0 fully saturated rings. The lowest BCUT2D eigenvalue weighted by Crippen LogP contribution is -1.95. The van der Waals surface area contributed by atoms with Crippen LogP contribution in [0.5, 0.6) is 0 Å². The molecule has 4 aromatic rings. The second-order valence-electron chi connectivity index (χ2n) is 5.44. The molecule has 0 saturated heterocycles. The maximum Gasteiger partial charge on any atom is 0.219 e. The van der Waals surface area contributed by atoms with E-state index in [0.29, 0.717) is 5.02 Å². The zero-order chi connectivity index (χ0) is 17.2. The summed E-state index contributed by atoms with van der Waals surface area (Å²) in [5.74, 6) is 0.252. The molecule has 6 nitrogen and oxygen atoms in total. The van der Waals surface area contributed by atoms with Gasteiger partial charge in [-0.15, -0.1) is 0 Å². The van der Waals surface area contributed by atoms with Crippen LogP contribution in [0.1, 0.15) is 0 Å². The molecule has 0 spiro atoms. The van der Waals surface area contributed by atoms with Gasteiger partial charge in [-0.3, -0.25) is 9.97 Å². The van der Waals surface area contributed by atoms with E-state index in [-0.39, 0.29) is 5.95 Å². The summed E-state index contributed by atoms with van der Waals surface area (Å²) in [6, 6.07) is 9.71. The van der Waals surface area contributed by atoms with E-state index >= 15 is 0 Å². The lowest BCUT2D eigenvalue weighted by molar-refractivity contribution is 1.19. The number of halogens is 1. The average Bonchev–Trinajstić information content (AvgIpc) is 2.62. The smallest absolute Gasteiger partial charge is 0.219 e. The molecule has 4 rings (SSSR count). The number of hydrogen-bond donors (Lipinski definition) is 2. The molecular formula is C18H13ClN6. The Bertz CT molecular complexity index is 1050. The molecule has 0 unspecified atom stereocenters. The molecule has 0 aliphatic carbocycles. The van der Waals surface area contributed by atoms with Crippen LogP contribution in [0.2, 0.25) is 5.02 Å². The molecule has 0 radical (unpaired) electrons. The molecule has 25 heavy (non-hydrogen) atoms. The second kappa shape index (κ2) is 6.33. The number of pyridine rings is 2. The first-order chi connectivity index (χ1) is 12.2. The van der Waals surface area contributed by atoms with Gasteiger partial charge in [0.15, 0.2) is 0 Å². The molecular weight excluding hydrogens is 336 g/mol. The number of nitrogens with zero attached hydrogens (tertiary/aromatic N) is 4. The van der Waals surface area contributed by atoms with Crippen molar-refractivity contribution < 1.29 is 0 Å². The minimum atomic E-state index is 0.252. The summed E-state index contributed by atoms with van der Waals surface area (Å²) in [5, 5.41) is 4.88. The highest BCUT2D eigenvalue weighted by atomic mass is 35.5. The van der Waals surface area contributed by atoms with Crippen LogP contribution >= 0.6 is 11.6 Å². The highest BCUT2D eigenvalue weighted by molar-refractivity contribution is 6.30. The van der Waals surface area contributed by atoms with E-state index in [2.05, 4.69) is 25.3 Å². The number of benzene rings is 1. The molecule has 0 bridgehead atoms. The van der Waals surface area contributed by atoms with Crippen LogP contribution in [0.25, 0.3) is 22.0 Å². The van der Waals surface area contributed by atoms with Crippen molar-refractivity contribution in [3.05, 3.63) is 66.3 Å². The lowest BCUT2D eigenvalue weighted by atomic mass is 10.0. The van der Waals surface area contributed by atoms with Crippen molar-refractivity contribution in [1.29, 1.82) is 0 Å². The number of anilines is 3. The summed E-state index contributed by atoms with van der Waals surface area (Å²) in [7, 11) is 0. The number of rotatable bonds is 3. The maximum atomic E-state index is 6.01. The third kappa shape index (κ3) is 3.20. The standard InChI is InChI=1S/C18H13ClN6/c19-13-6-14(10-21-9-13)25-17-3-4-22-16-2-1-11(5-15(16)17)12-7-23-18(20)24-8-12/h1-10H,(H,22,25)(H2,20,23,24). The Kier molecular flexibility index (Phi) is 3.87. The minimum Gasteiger partial charge on any atom is -0.368 e. The molecule has 0 atom stereocenters. The Morgan fingerprint density at radius 1 is 0.880 bits per heavy atom. The van der Waals surface area contributed by atoms with Gasteiger partial charge in [-0.1, -0.05) is 17.7 Å². The fourth-order valence-electron chi connectivity index (χ4n) is 2.56. The van der Waals surface area contributed by atoms with Gasteiger partial charge in [-0.2, -0.15) is 0 Å². The van der Waals surface area contributed by atoms with E-state index < -0.39 is 0 Å². The zero-order valence-electron chi connectivity index (χ0n) is 13.0. The predicted octanol–water partition coefficient (Wildman–Crippen LogP) is 4.07. The van der Waals surface area contributed by atoms with Gasteiger partial charge in [-0.25, -0.2) is 9.97 Å². The van der Waals surface area contributed by atoms with Gasteiger partial charge in [0.1, 0.15) is 0 Å². The summed E-state index contributed by atoms with van der Waals surface area (Å²) >= 11 is 6.01. The Labute approximate surface area is 148 Å². The van der Waals surface area contributed by atoms with Gasteiger partial charge in [0, 0.05) is 41.4 Å². The van der Waals surface area contributed by atoms with Crippen molar-refractivity contribution in [2.45, 2.75) is 0 Å². The van der Waals surface area contributed by atoms with Gasteiger partial charge in [0.2, 0.25) is 5.95 Å². The summed E-state index contributed by atoms with van der Waals surface area (Å²) in [6.45, 7) is 0. The topological polar surface area (TPSA) is 89.6 Å². The van der Waals surface area contributed by atoms with Crippen molar-refractivity contribution in [2.24, 2.45) is 0 Å². The normalized spacial score (nSPS) is 10.8. The number of hydrogen-bond acceptors (Lipinski definition) is 6. The molecule has 3 heterocycles. The first-order valence-electron chi connectivity index (χ1n) is 7.53. The SMILES string of the molecule is Nc1ncc(-c2ccc3nccc(Nc4cncc(Cl)c4)c3c2)cn1. The number of nitrogens with two attached hydrogens (primary N) is 1. The van der Waals surface area contributed by atoms with Gasteiger partial charge in [0.25, 0.3) is 0 Å². The van der Waals surface area contributed by atoms with Crippen LogP contribution in [0.3, 0.4) is 0 Å². The highest BCUT2D eigenvalue weighted by Gasteiger charge is 2.07. The fraction of sp³-hybridized carbons (Fsp3) is 0. The van der Waals surface area contributed by atoms with Crippen molar-refractivity contribution in [2.75, 3.05) is 11.1 Å². The molecule has 0 aliphatic rings. The van der Waals surface area contributed by atoms with E-state index in [1.54, 1.807) is 31.0 Å². The lowest BCUT2D eigenvalue weighted by Gasteiger charge is -2.11. The number of nitrogens with one attached hydrogen (secondary N) is 1. The molecule has 0 aliphatic heterocycles. The number of aromatic nitrogens is 4. The van der Waals surface area contributed by atoms with Gasteiger partial charge in [-0.05, 0) is 29.8 Å². The summed E-state index contributed by atoms with van der Waals surface area (Å²) in [6.07, 6.45) is 8.47. The van der Waals surface area contributed by atoms with E-state index in [9.17, 15) is 0 Å². The van der Waals surface area contributed by atoms with Gasteiger partial charge < -0.3 is 11.1 Å². The summed E-state index contributed by atoms with van der Waals surface area (Å²) in [5.41, 5.74) is 10.0. The Hall–Kier alpha value is -3.25. The third-order valence-electron chi connectivity index (χ3n) is 3.73. The largest absolute Gasteiger partial charge is 0.368 e. The summed E-state index contributed by atoms with van der Waals surface area (Å²) < 4.78 is 0. The highest BCUT2D eigenvalue weighted by Crippen LogP contribution is 2.29. The Morgan fingerprint density at radius 2 is 1.72 bits per heavy atom. The van der Waals surface area contributed by atoms with Crippen molar-refractivity contribution >= 4 is 39.8 Å². The zero-order valence-corrected chi connectivity index (χ0v) is 13.8. The second-order valence-corrected chi connectivity index (χ2v) is 5.87. The quantitative estimate of drug-likeness (QED) is 0.580. The van der Waals surface area contributed by atoms with Crippen LogP contribution in [-0.2, 0) is 0 Å². The molecule has 1 aromatic carbocycles.